The Balaban J connectivity index is 1.92. The molecule has 1 saturated heterocycles. The van der Waals surface area contributed by atoms with Gasteiger partial charge in [-0.25, -0.2) is 0 Å². The fraction of sp³-hybridized carbons (Fsp3) is 0.462. The highest BCUT2D eigenvalue weighted by Crippen LogP contribution is 2.33. The van der Waals surface area contributed by atoms with Crippen LogP contribution >= 0.6 is 15.9 Å². The number of benzene rings is 1. The monoisotopic (exact) mass is 367 g/mol. The summed E-state index contributed by atoms with van der Waals surface area (Å²) in [5.41, 5.74) is 0. The van der Waals surface area contributed by atoms with Gasteiger partial charge in [0.25, 0.3) is 5.91 Å². The van der Waals surface area contributed by atoms with Crippen molar-refractivity contribution in [2.24, 2.45) is 0 Å². The minimum atomic E-state index is -4.75. The number of amides is 1. The van der Waals surface area contributed by atoms with Crippen molar-refractivity contribution in [1.82, 2.24) is 4.90 Å². The highest BCUT2D eigenvalue weighted by atomic mass is 79.9. The molecule has 0 unspecified atom stereocenters. The normalized spacial score (nSPS) is 15.1. The lowest BCUT2D eigenvalue weighted by atomic mass is 10.3. The minimum absolute atomic E-state index is 0.103. The zero-order chi connectivity index (χ0) is 15.5. The Kier molecular flexibility index (Phi) is 4.97. The van der Waals surface area contributed by atoms with Gasteiger partial charge in [0.15, 0.2) is 6.61 Å². The molecule has 0 bridgehead atoms. The van der Waals surface area contributed by atoms with E-state index in [-0.39, 0.29) is 22.7 Å². The molecule has 0 radical (unpaired) electrons. The summed E-state index contributed by atoms with van der Waals surface area (Å²) in [6.45, 7) is 1.32. The average Bonchev–Trinajstić information content (AvgIpc) is 2.91. The number of hydrogen-bond donors (Lipinski definition) is 0. The first-order valence-electron chi connectivity index (χ1n) is 6.31. The number of alkyl halides is 3. The van der Waals surface area contributed by atoms with Gasteiger partial charge >= 0.3 is 6.36 Å². The second-order valence-corrected chi connectivity index (χ2v) is 5.37. The summed E-state index contributed by atoms with van der Waals surface area (Å²) < 4.78 is 45.6. The predicted molar refractivity (Wildman–Crippen MR) is 72.1 cm³/mol. The van der Waals surface area contributed by atoms with E-state index < -0.39 is 6.36 Å². The van der Waals surface area contributed by atoms with Crippen LogP contribution < -0.4 is 9.47 Å². The first-order valence-corrected chi connectivity index (χ1v) is 7.10. The molecule has 0 aromatic heterocycles. The molecule has 0 N–H and O–H groups in total. The Morgan fingerprint density at radius 1 is 1.29 bits per heavy atom. The third-order valence-electron chi connectivity index (χ3n) is 2.95. The van der Waals surface area contributed by atoms with Crippen LogP contribution in [-0.4, -0.2) is 36.9 Å². The van der Waals surface area contributed by atoms with Crippen LogP contribution in [0.2, 0.25) is 0 Å². The number of ether oxygens (including phenoxy) is 2. The highest BCUT2D eigenvalue weighted by molar-refractivity contribution is 9.10. The molecular formula is C13H13BrF3NO3. The molecule has 0 aliphatic carbocycles. The van der Waals surface area contributed by atoms with Crippen molar-refractivity contribution in [2.75, 3.05) is 19.7 Å². The number of carbonyl (C=O) groups is 1. The van der Waals surface area contributed by atoms with Crippen LogP contribution in [0.25, 0.3) is 0 Å². The van der Waals surface area contributed by atoms with Crippen LogP contribution in [0, 0.1) is 0 Å². The summed E-state index contributed by atoms with van der Waals surface area (Å²) >= 11 is 2.97. The quantitative estimate of drug-likeness (QED) is 0.818. The molecule has 0 saturated carbocycles. The molecule has 1 aliphatic heterocycles. The Morgan fingerprint density at radius 3 is 2.52 bits per heavy atom. The molecule has 1 aromatic rings. The second kappa shape index (κ2) is 6.55. The zero-order valence-corrected chi connectivity index (χ0v) is 12.5. The SMILES string of the molecule is O=C(COc1ccc(OC(F)(F)F)c(Br)c1)N1CCCC1. The molecule has 1 aliphatic rings. The summed E-state index contributed by atoms with van der Waals surface area (Å²) in [5, 5.41) is 0. The molecule has 1 fully saturated rings. The number of halogens is 4. The fourth-order valence-electron chi connectivity index (χ4n) is 1.98. The molecule has 21 heavy (non-hydrogen) atoms. The van der Waals surface area contributed by atoms with Gasteiger partial charge in [-0.05, 0) is 47.0 Å². The van der Waals surface area contributed by atoms with Gasteiger partial charge in [-0.1, -0.05) is 0 Å². The molecular weight excluding hydrogens is 355 g/mol. The van der Waals surface area contributed by atoms with Gasteiger partial charge in [0, 0.05) is 13.1 Å². The third kappa shape index (κ3) is 4.80. The van der Waals surface area contributed by atoms with Crippen molar-refractivity contribution in [3.8, 4) is 11.5 Å². The van der Waals surface area contributed by atoms with Crippen LogP contribution in [0.1, 0.15) is 12.8 Å². The molecule has 2 rings (SSSR count). The second-order valence-electron chi connectivity index (χ2n) is 4.52. The van der Waals surface area contributed by atoms with Crippen molar-refractivity contribution in [3.05, 3.63) is 22.7 Å². The van der Waals surface area contributed by atoms with Crippen LogP contribution in [0.5, 0.6) is 11.5 Å². The summed E-state index contributed by atoms with van der Waals surface area (Å²) in [4.78, 5) is 13.5. The van der Waals surface area contributed by atoms with E-state index in [1.807, 2.05) is 0 Å². The van der Waals surface area contributed by atoms with Crippen molar-refractivity contribution in [2.45, 2.75) is 19.2 Å². The standard InChI is InChI=1S/C13H13BrF3NO3/c14-10-7-9(3-4-11(10)21-13(15,16)17)20-8-12(19)18-5-1-2-6-18/h3-4,7H,1-2,5-6,8H2. The largest absolute Gasteiger partial charge is 0.573 e. The van der Waals surface area contributed by atoms with Gasteiger partial charge in [-0.2, -0.15) is 0 Å². The van der Waals surface area contributed by atoms with Gasteiger partial charge in [-0.3, -0.25) is 4.79 Å². The molecule has 116 valence electrons. The summed E-state index contributed by atoms with van der Waals surface area (Å²) in [6.07, 6.45) is -2.78. The number of likely N-dealkylation sites (tertiary alicyclic amines) is 1. The van der Waals surface area contributed by atoms with Crippen molar-refractivity contribution < 1.29 is 27.4 Å². The maximum Gasteiger partial charge on any atom is 0.573 e. The molecule has 4 nitrogen and oxygen atoms in total. The molecule has 1 amide bonds. The van der Waals surface area contributed by atoms with E-state index in [1.165, 1.54) is 12.1 Å². The van der Waals surface area contributed by atoms with E-state index in [9.17, 15) is 18.0 Å². The maximum absolute atomic E-state index is 12.1. The first kappa shape index (κ1) is 15.9. The number of nitrogens with zero attached hydrogens (tertiary/aromatic N) is 1. The van der Waals surface area contributed by atoms with Crippen LogP contribution in [0.15, 0.2) is 22.7 Å². The van der Waals surface area contributed by atoms with Gasteiger partial charge in [0.2, 0.25) is 0 Å². The van der Waals surface area contributed by atoms with Crippen molar-refractivity contribution >= 4 is 21.8 Å². The van der Waals surface area contributed by atoms with E-state index in [0.717, 1.165) is 32.0 Å². The molecule has 1 heterocycles. The topological polar surface area (TPSA) is 38.8 Å². The predicted octanol–water partition coefficient (Wildman–Crippen LogP) is 3.35. The minimum Gasteiger partial charge on any atom is -0.484 e. The number of rotatable bonds is 4. The van der Waals surface area contributed by atoms with Gasteiger partial charge in [0.05, 0.1) is 4.47 Å². The first-order chi connectivity index (χ1) is 9.85. The number of carbonyl (C=O) groups excluding carboxylic acids is 1. The zero-order valence-electron chi connectivity index (χ0n) is 11.0. The summed E-state index contributed by atoms with van der Waals surface area (Å²) in [6, 6.07) is 3.79. The van der Waals surface area contributed by atoms with Crippen molar-refractivity contribution in [3.63, 3.8) is 0 Å². The van der Waals surface area contributed by atoms with Gasteiger partial charge < -0.3 is 14.4 Å². The van der Waals surface area contributed by atoms with E-state index in [4.69, 9.17) is 4.74 Å². The maximum atomic E-state index is 12.1. The van der Waals surface area contributed by atoms with E-state index in [2.05, 4.69) is 20.7 Å². The number of hydrogen-bond acceptors (Lipinski definition) is 3. The van der Waals surface area contributed by atoms with E-state index in [1.54, 1.807) is 4.90 Å². The van der Waals surface area contributed by atoms with Gasteiger partial charge in [0.1, 0.15) is 11.5 Å². The Labute approximate surface area is 127 Å². The highest BCUT2D eigenvalue weighted by Gasteiger charge is 2.32. The van der Waals surface area contributed by atoms with Gasteiger partial charge in [-0.15, -0.1) is 13.2 Å². The lowest BCUT2D eigenvalue weighted by Gasteiger charge is -2.16. The lowest BCUT2D eigenvalue weighted by molar-refractivity contribution is -0.274. The molecule has 0 spiro atoms. The summed E-state index contributed by atoms with van der Waals surface area (Å²) in [5.74, 6) is -0.191. The van der Waals surface area contributed by atoms with Crippen LogP contribution in [0.4, 0.5) is 13.2 Å². The molecule has 8 heteroatoms. The Hall–Kier alpha value is -1.44. The van der Waals surface area contributed by atoms with Crippen LogP contribution in [0.3, 0.4) is 0 Å². The summed E-state index contributed by atoms with van der Waals surface area (Å²) in [7, 11) is 0. The van der Waals surface area contributed by atoms with E-state index >= 15 is 0 Å². The Morgan fingerprint density at radius 2 is 1.95 bits per heavy atom. The van der Waals surface area contributed by atoms with Crippen molar-refractivity contribution in [1.29, 1.82) is 0 Å². The average molecular weight is 368 g/mol. The Bertz CT molecular complexity index is 516. The third-order valence-corrected chi connectivity index (χ3v) is 3.57. The lowest BCUT2D eigenvalue weighted by Crippen LogP contribution is -2.32. The van der Waals surface area contributed by atoms with E-state index in [0.29, 0.717) is 5.75 Å². The van der Waals surface area contributed by atoms with Crippen LogP contribution in [-0.2, 0) is 4.79 Å². The smallest absolute Gasteiger partial charge is 0.484 e. The fourth-order valence-corrected chi connectivity index (χ4v) is 2.42. The molecule has 0 atom stereocenters. The molecule has 1 aromatic carbocycles.